The van der Waals surface area contributed by atoms with E-state index in [1.54, 1.807) is 0 Å². The van der Waals surface area contributed by atoms with Crippen LogP contribution in [0.4, 0.5) is 4.79 Å². The highest BCUT2D eigenvalue weighted by Gasteiger charge is 2.27. The summed E-state index contributed by atoms with van der Waals surface area (Å²) in [7, 11) is 0. The fourth-order valence-corrected chi connectivity index (χ4v) is 3.36. The van der Waals surface area contributed by atoms with E-state index >= 15 is 0 Å². The summed E-state index contributed by atoms with van der Waals surface area (Å²) in [5, 5.41) is 4.94. The monoisotopic (exact) mass is 451 g/mol. The van der Waals surface area contributed by atoms with E-state index in [9.17, 15) is 28.8 Å². The topological polar surface area (TPSA) is 156 Å². The van der Waals surface area contributed by atoms with Gasteiger partial charge in [0.05, 0.1) is 6.04 Å². The number of imide groups is 1. The Morgan fingerprint density at radius 3 is 2.34 bits per heavy atom. The zero-order valence-electron chi connectivity index (χ0n) is 19.7. The van der Waals surface area contributed by atoms with Crippen LogP contribution in [0.2, 0.25) is 0 Å². The Hall–Kier alpha value is -3.04. The summed E-state index contributed by atoms with van der Waals surface area (Å²) < 4.78 is 7.37. The first-order valence-electron chi connectivity index (χ1n) is 11.4. The smallest absolute Gasteiger partial charge is 0.312 e. The lowest BCUT2D eigenvalue weighted by Crippen LogP contribution is -2.42. The zero-order chi connectivity index (χ0) is 25.0. The molecule has 0 bridgehead atoms. The molecule has 1 aliphatic heterocycles. The number of hydrogen-bond acceptors (Lipinski definition) is 6. The Bertz CT molecular complexity index is 765. The van der Waals surface area contributed by atoms with Crippen molar-refractivity contribution in [1.29, 1.82) is 0 Å². The summed E-state index contributed by atoms with van der Waals surface area (Å²) in [6.45, 7) is 4.15. The van der Waals surface area contributed by atoms with Crippen LogP contribution in [0.5, 0.6) is 0 Å². The van der Waals surface area contributed by atoms with E-state index in [1.165, 1.54) is 12.2 Å². The van der Waals surface area contributed by atoms with Crippen LogP contribution in [0.25, 0.3) is 0 Å². The average Bonchev–Trinajstić information content (AvgIpc) is 3.05. The molecule has 0 aromatic rings. The predicted octanol–water partition coefficient (Wildman–Crippen LogP) is 0.835. The van der Waals surface area contributed by atoms with Crippen molar-refractivity contribution in [2.45, 2.75) is 64.8 Å². The first kappa shape index (κ1) is 25.2. The quantitative estimate of drug-likeness (QED) is 0.179. The van der Waals surface area contributed by atoms with Gasteiger partial charge in [-0.1, -0.05) is 20.3 Å². The van der Waals surface area contributed by atoms with Crippen LogP contribution < -0.4 is 16.4 Å². The van der Waals surface area contributed by atoms with Gasteiger partial charge in [0.2, 0.25) is 5.91 Å². The maximum Gasteiger partial charge on any atom is 0.312 e. The molecule has 0 saturated carbocycles. The highest BCUT2D eigenvalue weighted by molar-refractivity contribution is 6.12. The third kappa shape index (κ3) is 9.84. The molecule has 0 aliphatic carbocycles. The number of amides is 5. The van der Waals surface area contributed by atoms with E-state index in [0.717, 1.165) is 4.90 Å². The fourth-order valence-electron chi connectivity index (χ4n) is 3.36. The van der Waals surface area contributed by atoms with E-state index in [0.29, 0.717) is 32.2 Å². The molecule has 0 saturated heterocycles. The van der Waals surface area contributed by atoms with Gasteiger partial charge in [-0.25, -0.2) is 4.79 Å². The third-order valence-corrected chi connectivity index (χ3v) is 5.25. The number of Topliss-reactive ketones (excluding diaryl/α,β-unsaturated/α-hetero) is 1. The summed E-state index contributed by atoms with van der Waals surface area (Å²) in [6, 6.07) is -1.71. The van der Waals surface area contributed by atoms with Crippen LogP contribution in [-0.4, -0.2) is 59.8 Å². The molecule has 0 aromatic carbocycles. The molecule has 4 N–H and O–H groups in total. The molecule has 2 atom stereocenters. The second-order valence-electron chi connectivity index (χ2n) is 8.18. The number of rotatable bonds is 16. The van der Waals surface area contributed by atoms with Gasteiger partial charge in [0, 0.05) is 44.0 Å². The van der Waals surface area contributed by atoms with Gasteiger partial charge in [-0.05, 0) is 31.6 Å². The van der Waals surface area contributed by atoms with Crippen molar-refractivity contribution >= 4 is 35.8 Å². The highest BCUT2D eigenvalue weighted by Crippen LogP contribution is 2.18. The van der Waals surface area contributed by atoms with Crippen molar-refractivity contribution in [3.8, 4) is 0 Å². The first-order chi connectivity index (χ1) is 15.5. The summed E-state index contributed by atoms with van der Waals surface area (Å²) in [5.74, 6) is -1.96. The minimum atomic E-state index is -1.02. The lowest BCUT2D eigenvalue weighted by Gasteiger charge is -2.22. The van der Waals surface area contributed by atoms with Crippen molar-refractivity contribution in [1.82, 2.24) is 15.5 Å². The minimum Gasteiger partial charge on any atom is -0.352 e. The Labute approximate surface area is 189 Å². The third-order valence-electron chi connectivity index (χ3n) is 5.25. The molecule has 0 fully saturated rings. The average molecular weight is 452 g/mol. The van der Waals surface area contributed by atoms with E-state index < -0.39 is 30.2 Å². The number of hydrogen-bond donors (Lipinski definition) is 3. The van der Waals surface area contributed by atoms with Crippen LogP contribution >= 0.6 is 0 Å². The Kier molecular flexibility index (Phi) is 11.1. The molecule has 178 valence electrons. The number of ketones is 1. The highest BCUT2D eigenvalue weighted by atomic mass is 16.2. The van der Waals surface area contributed by atoms with Crippen molar-refractivity contribution < 1.29 is 30.1 Å². The largest absolute Gasteiger partial charge is 0.352 e. The first-order valence-corrected chi connectivity index (χ1v) is 10.9. The summed E-state index contributed by atoms with van der Waals surface area (Å²) in [4.78, 5) is 71.5. The van der Waals surface area contributed by atoms with Crippen LogP contribution in [0.15, 0.2) is 12.2 Å². The molecular formula is C22H34N4O6. The molecule has 1 rings (SSSR count). The van der Waals surface area contributed by atoms with E-state index in [-0.39, 0.29) is 49.3 Å². The van der Waals surface area contributed by atoms with Crippen molar-refractivity contribution in [2.24, 2.45) is 17.6 Å². The number of nitrogens with two attached hydrogens (primary N) is 1. The van der Waals surface area contributed by atoms with E-state index in [1.807, 2.05) is 13.8 Å². The number of carbonyl (C=O) groups is 6. The number of aldehydes is 1. The van der Waals surface area contributed by atoms with Gasteiger partial charge in [0.25, 0.3) is 11.8 Å². The van der Waals surface area contributed by atoms with Gasteiger partial charge in [0.1, 0.15) is 13.4 Å². The number of urea groups is 1. The second-order valence-corrected chi connectivity index (χ2v) is 8.18. The minimum absolute atomic E-state index is 0.0264. The Morgan fingerprint density at radius 1 is 1.12 bits per heavy atom. The number of carbonyl (C=O) groups excluding carboxylic acids is 6. The summed E-state index contributed by atoms with van der Waals surface area (Å²) in [5.41, 5.74) is 4.97. The molecule has 1 unspecified atom stereocenters. The van der Waals surface area contributed by atoms with Crippen molar-refractivity contribution in [2.75, 3.05) is 13.1 Å². The summed E-state index contributed by atoms with van der Waals surface area (Å²) in [6.07, 6.45) is 4.19. The van der Waals surface area contributed by atoms with Crippen molar-refractivity contribution in [3.05, 3.63) is 12.2 Å². The van der Waals surface area contributed by atoms with Crippen LogP contribution in [0.1, 0.15) is 60.2 Å². The standard InChI is InChI=1S/C22H34N4O6/c1-15(2)18(21(31)25-16(14-27)7-6-11-24-22(23)32)13-17(28)8-4-3-5-12-26-19(29)9-10-20(26)30/h9-10,14-16,18H,3-8,11-13H2,1-2H3,(H,25,31)(H3,23,24,32)/t16?,18-/m0/s1/i14D. The van der Waals surface area contributed by atoms with Crippen LogP contribution in [-0.2, 0) is 24.0 Å². The predicted molar refractivity (Wildman–Crippen MR) is 117 cm³/mol. The molecule has 1 heterocycles. The SMILES string of the molecule is [2H]C(=O)C(CCCNC(N)=O)NC(=O)[C@@H](CC(=O)CCCCCN1C(=O)C=CC1=O)C(C)C. The van der Waals surface area contributed by atoms with Crippen molar-refractivity contribution in [3.63, 3.8) is 0 Å². The number of unbranched alkanes of at least 4 members (excludes halogenated alkanes) is 2. The van der Waals surface area contributed by atoms with Gasteiger partial charge >= 0.3 is 6.03 Å². The maximum atomic E-state index is 12.7. The van der Waals surface area contributed by atoms with Gasteiger partial charge in [0.15, 0.2) is 0 Å². The Balaban J connectivity index is 2.43. The molecular weight excluding hydrogens is 416 g/mol. The normalized spacial score (nSPS) is 15.5. The Morgan fingerprint density at radius 2 is 1.78 bits per heavy atom. The molecule has 0 radical (unpaired) electrons. The molecule has 0 spiro atoms. The van der Waals surface area contributed by atoms with E-state index in [4.69, 9.17) is 7.10 Å². The number of primary amides is 1. The lowest BCUT2D eigenvalue weighted by atomic mass is 9.88. The molecule has 10 nitrogen and oxygen atoms in total. The maximum absolute atomic E-state index is 12.7. The van der Waals surface area contributed by atoms with E-state index in [2.05, 4.69) is 10.6 Å². The molecule has 1 aliphatic rings. The van der Waals surface area contributed by atoms with Gasteiger partial charge in [-0.3, -0.25) is 24.1 Å². The van der Waals surface area contributed by atoms with Gasteiger partial charge in [-0.2, -0.15) is 0 Å². The zero-order valence-corrected chi connectivity index (χ0v) is 18.7. The van der Waals surface area contributed by atoms with Crippen LogP contribution in [0.3, 0.4) is 0 Å². The number of nitrogens with zero attached hydrogens (tertiary/aromatic N) is 1. The van der Waals surface area contributed by atoms with Gasteiger partial charge < -0.3 is 21.2 Å². The molecule has 5 amide bonds. The molecule has 32 heavy (non-hydrogen) atoms. The fraction of sp³-hybridized carbons (Fsp3) is 0.636. The van der Waals surface area contributed by atoms with Gasteiger partial charge in [-0.15, -0.1) is 0 Å². The van der Waals surface area contributed by atoms with Crippen LogP contribution in [0, 0.1) is 11.8 Å². The molecule has 10 heteroatoms. The lowest BCUT2D eigenvalue weighted by molar-refractivity contribution is -0.137. The second kappa shape index (κ2) is 14.1. The number of nitrogens with one attached hydrogen (secondary N) is 2. The summed E-state index contributed by atoms with van der Waals surface area (Å²) >= 11 is 0. The molecule has 0 aromatic heterocycles.